The highest BCUT2D eigenvalue weighted by atomic mass is 19.1. The molecule has 160 valence electrons. The lowest BCUT2D eigenvalue weighted by molar-refractivity contribution is 0.627. The first-order valence-electron chi connectivity index (χ1n) is 10.8. The summed E-state index contributed by atoms with van der Waals surface area (Å²) in [4.78, 5) is 7.84. The van der Waals surface area contributed by atoms with Crippen LogP contribution in [0.3, 0.4) is 0 Å². The first kappa shape index (κ1) is 19.4. The lowest BCUT2D eigenvalue weighted by atomic mass is 9.99. The number of pyridine rings is 1. The number of aromatic nitrogens is 4. The van der Waals surface area contributed by atoms with Gasteiger partial charge >= 0.3 is 0 Å². The molecule has 0 saturated heterocycles. The zero-order valence-electron chi connectivity index (χ0n) is 18.3. The summed E-state index contributed by atoms with van der Waals surface area (Å²) in [5.41, 5.74) is 9.76. The Labute approximate surface area is 190 Å². The molecule has 6 rings (SSSR count). The van der Waals surface area contributed by atoms with E-state index in [1.165, 1.54) is 0 Å². The van der Waals surface area contributed by atoms with Crippen molar-refractivity contribution in [3.8, 4) is 33.6 Å². The van der Waals surface area contributed by atoms with Gasteiger partial charge in [0.25, 0.3) is 0 Å². The summed E-state index contributed by atoms with van der Waals surface area (Å²) in [7, 11) is 0. The smallest absolute Gasteiger partial charge is 0.124 e. The molecule has 3 aromatic heterocycles. The fraction of sp³-hybridized carbons (Fsp3) is 0.0714. The molecule has 0 amide bonds. The first-order chi connectivity index (χ1) is 16.0. The van der Waals surface area contributed by atoms with E-state index in [0.717, 1.165) is 66.6 Å². The number of aryl methyl sites for hydroxylation is 2. The third-order valence-electron chi connectivity index (χ3n) is 6.04. The zero-order valence-corrected chi connectivity index (χ0v) is 18.3. The van der Waals surface area contributed by atoms with Gasteiger partial charge in [0.05, 0.1) is 11.2 Å². The van der Waals surface area contributed by atoms with Gasteiger partial charge in [0, 0.05) is 34.2 Å². The molecule has 0 aliphatic rings. The molecule has 0 saturated carbocycles. The standard InChI is InChI=1S/C28H21FN4/c1-16-8-19(11-21(29)10-16)22-4-3-5-25-23(22)13-27(31-25)28-24-12-18(6-7-26(24)32-33-28)20-9-17(2)14-30-15-20/h3-15,31H,1-2H3,(H,32,33). The Balaban J connectivity index is 1.51. The number of benzene rings is 3. The third-order valence-corrected chi connectivity index (χ3v) is 6.04. The lowest BCUT2D eigenvalue weighted by Crippen LogP contribution is -1.84. The predicted octanol–water partition coefficient (Wildman–Crippen LogP) is 7.20. The van der Waals surface area contributed by atoms with E-state index in [2.05, 4.69) is 44.4 Å². The Morgan fingerprint density at radius 1 is 0.727 bits per heavy atom. The predicted molar refractivity (Wildman–Crippen MR) is 131 cm³/mol. The van der Waals surface area contributed by atoms with Crippen LogP contribution in [-0.4, -0.2) is 20.2 Å². The largest absolute Gasteiger partial charge is 0.353 e. The average molecular weight is 433 g/mol. The second-order valence-electron chi connectivity index (χ2n) is 8.55. The maximum absolute atomic E-state index is 14.1. The van der Waals surface area contributed by atoms with Crippen molar-refractivity contribution in [1.29, 1.82) is 0 Å². The molecule has 0 atom stereocenters. The van der Waals surface area contributed by atoms with Crippen LogP contribution in [0.5, 0.6) is 0 Å². The van der Waals surface area contributed by atoms with Gasteiger partial charge in [-0.05, 0) is 84.1 Å². The highest BCUT2D eigenvalue weighted by molar-refractivity contribution is 6.01. The van der Waals surface area contributed by atoms with Crippen molar-refractivity contribution >= 4 is 21.8 Å². The molecule has 2 N–H and O–H groups in total. The van der Waals surface area contributed by atoms with Crippen LogP contribution in [0.15, 0.2) is 79.1 Å². The second kappa shape index (κ2) is 7.41. The molecule has 3 aromatic carbocycles. The van der Waals surface area contributed by atoms with E-state index in [0.29, 0.717) is 0 Å². The molecule has 5 heteroatoms. The summed E-state index contributed by atoms with van der Waals surface area (Å²) in [6.07, 6.45) is 3.73. The Kier molecular flexibility index (Phi) is 4.37. The molecule has 33 heavy (non-hydrogen) atoms. The van der Waals surface area contributed by atoms with Crippen LogP contribution < -0.4 is 0 Å². The van der Waals surface area contributed by atoms with E-state index >= 15 is 0 Å². The van der Waals surface area contributed by atoms with E-state index in [1.54, 1.807) is 12.1 Å². The van der Waals surface area contributed by atoms with Crippen LogP contribution in [0.4, 0.5) is 4.39 Å². The number of hydrogen-bond donors (Lipinski definition) is 2. The number of rotatable bonds is 3. The maximum atomic E-state index is 14.1. The number of nitrogens with zero attached hydrogens (tertiary/aromatic N) is 2. The average Bonchev–Trinajstić information content (AvgIpc) is 3.41. The van der Waals surface area contributed by atoms with E-state index < -0.39 is 0 Å². The first-order valence-corrected chi connectivity index (χ1v) is 10.8. The van der Waals surface area contributed by atoms with Gasteiger partial charge in [0.2, 0.25) is 0 Å². The summed E-state index contributed by atoms with van der Waals surface area (Å²) in [5, 5.41) is 9.83. The molecule has 0 unspecified atom stereocenters. The fourth-order valence-electron chi connectivity index (χ4n) is 4.54. The Hall–Kier alpha value is -4.25. The van der Waals surface area contributed by atoms with E-state index in [4.69, 9.17) is 0 Å². The van der Waals surface area contributed by atoms with Gasteiger partial charge in [-0.3, -0.25) is 10.1 Å². The third kappa shape index (κ3) is 3.38. The molecular formula is C28H21FN4. The fourth-order valence-corrected chi connectivity index (χ4v) is 4.54. The zero-order chi connectivity index (χ0) is 22.5. The normalized spacial score (nSPS) is 11.5. The summed E-state index contributed by atoms with van der Waals surface area (Å²) in [6, 6.07) is 21.7. The SMILES string of the molecule is Cc1cncc(-c2ccc3[nH]nc(-c4cc5c(-c6cc(C)cc(F)c6)cccc5[nH]4)c3c2)c1. The molecule has 0 spiro atoms. The maximum Gasteiger partial charge on any atom is 0.124 e. The second-order valence-corrected chi connectivity index (χ2v) is 8.55. The van der Waals surface area contributed by atoms with Crippen molar-refractivity contribution in [3.05, 3.63) is 96.1 Å². The minimum Gasteiger partial charge on any atom is -0.353 e. The summed E-state index contributed by atoms with van der Waals surface area (Å²) in [5.74, 6) is -0.228. The Morgan fingerprint density at radius 2 is 1.61 bits per heavy atom. The molecule has 6 aromatic rings. The molecule has 0 bridgehead atoms. The van der Waals surface area contributed by atoms with Crippen molar-refractivity contribution in [1.82, 2.24) is 20.2 Å². The minimum atomic E-state index is -0.228. The van der Waals surface area contributed by atoms with Gasteiger partial charge in [0.15, 0.2) is 0 Å². The highest BCUT2D eigenvalue weighted by Gasteiger charge is 2.15. The summed E-state index contributed by atoms with van der Waals surface area (Å²) >= 11 is 0. The van der Waals surface area contributed by atoms with Crippen molar-refractivity contribution < 1.29 is 4.39 Å². The molecule has 3 heterocycles. The van der Waals surface area contributed by atoms with Gasteiger partial charge in [-0.2, -0.15) is 5.10 Å². The van der Waals surface area contributed by atoms with Gasteiger partial charge < -0.3 is 4.98 Å². The van der Waals surface area contributed by atoms with E-state index in [1.807, 2.05) is 56.6 Å². The van der Waals surface area contributed by atoms with Crippen LogP contribution in [0.2, 0.25) is 0 Å². The Bertz CT molecular complexity index is 1640. The van der Waals surface area contributed by atoms with Gasteiger partial charge in [0.1, 0.15) is 11.5 Å². The van der Waals surface area contributed by atoms with E-state index in [-0.39, 0.29) is 5.82 Å². The van der Waals surface area contributed by atoms with Crippen LogP contribution >= 0.6 is 0 Å². The van der Waals surface area contributed by atoms with E-state index in [9.17, 15) is 4.39 Å². The topological polar surface area (TPSA) is 57.4 Å². The van der Waals surface area contributed by atoms with Crippen LogP contribution in [0.25, 0.3) is 55.4 Å². The molecule has 0 fully saturated rings. The van der Waals surface area contributed by atoms with Crippen molar-refractivity contribution in [2.45, 2.75) is 13.8 Å². The highest BCUT2D eigenvalue weighted by Crippen LogP contribution is 2.35. The number of halogens is 1. The number of aromatic amines is 2. The number of nitrogens with one attached hydrogen (secondary N) is 2. The number of hydrogen-bond acceptors (Lipinski definition) is 2. The van der Waals surface area contributed by atoms with Crippen molar-refractivity contribution in [2.75, 3.05) is 0 Å². The molecule has 0 aliphatic carbocycles. The number of H-pyrrole nitrogens is 2. The number of fused-ring (bicyclic) bond motifs is 2. The lowest BCUT2D eigenvalue weighted by Gasteiger charge is -2.05. The monoisotopic (exact) mass is 432 g/mol. The Morgan fingerprint density at radius 3 is 2.45 bits per heavy atom. The summed E-state index contributed by atoms with van der Waals surface area (Å²) in [6.45, 7) is 3.95. The van der Waals surface area contributed by atoms with Gasteiger partial charge in [-0.25, -0.2) is 4.39 Å². The van der Waals surface area contributed by atoms with Crippen LogP contribution in [0.1, 0.15) is 11.1 Å². The van der Waals surface area contributed by atoms with Gasteiger partial charge in [-0.1, -0.05) is 24.3 Å². The molecule has 4 nitrogen and oxygen atoms in total. The molecular weight excluding hydrogens is 411 g/mol. The van der Waals surface area contributed by atoms with Crippen LogP contribution in [0, 0.1) is 19.7 Å². The minimum absolute atomic E-state index is 0.228. The summed E-state index contributed by atoms with van der Waals surface area (Å²) < 4.78 is 14.1. The van der Waals surface area contributed by atoms with Crippen LogP contribution in [-0.2, 0) is 0 Å². The molecule has 0 radical (unpaired) electrons. The van der Waals surface area contributed by atoms with Crippen molar-refractivity contribution in [2.24, 2.45) is 0 Å². The van der Waals surface area contributed by atoms with Gasteiger partial charge in [-0.15, -0.1) is 0 Å². The molecule has 0 aliphatic heterocycles. The van der Waals surface area contributed by atoms with Crippen molar-refractivity contribution in [3.63, 3.8) is 0 Å². The quantitative estimate of drug-likeness (QED) is 0.311.